The Kier molecular flexibility index (Phi) is 16.7. The quantitative estimate of drug-likeness (QED) is 0.0601. The molecule has 0 spiro atoms. The average Bonchev–Trinajstić information content (AvgIpc) is 3.08. The van der Waals surface area contributed by atoms with Gasteiger partial charge in [0.1, 0.15) is 23.0 Å². The van der Waals surface area contributed by atoms with E-state index in [1.165, 1.54) is 20.7 Å². The van der Waals surface area contributed by atoms with E-state index in [9.17, 15) is 0 Å². The minimum Gasteiger partial charge on any atom is -0.494 e. The molecule has 51 heavy (non-hydrogen) atoms. The smallest absolute Gasteiger partial charge is 0.272 e. The van der Waals surface area contributed by atoms with Crippen LogP contribution in [0.25, 0.3) is 0 Å². The molecule has 0 unspecified atom stereocenters. The van der Waals surface area contributed by atoms with Crippen LogP contribution in [0.5, 0.6) is 23.0 Å². The Morgan fingerprint density at radius 2 is 0.588 bits per heavy atom. The van der Waals surface area contributed by atoms with Crippen LogP contribution in [0.1, 0.15) is 101 Å². The molecule has 4 rings (SSSR count). The minimum absolute atomic E-state index is 0.700. The summed E-state index contributed by atoms with van der Waals surface area (Å²) in [7, 11) is -3.66. The summed E-state index contributed by atoms with van der Waals surface area (Å²) in [5.74, 6) is 3.59. The summed E-state index contributed by atoms with van der Waals surface area (Å²) < 4.78 is 33.0. The van der Waals surface area contributed by atoms with Crippen molar-refractivity contribution in [3.05, 3.63) is 95.1 Å². The van der Waals surface area contributed by atoms with Crippen LogP contribution >= 0.6 is 0 Å². The largest absolute Gasteiger partial charge is 0.494 e. The Balaban J connectivity index is 1.90. The van der Waals surface area contributed by atoms with E-state index in [0.717, 1.165) is 96.6 Å². The molecule has 7 heteroatoms. The summed E-state index contributed by atoms with van der Waals surface area (Å²) in [5.41, 5.74) is 4.65. The third-order valence-corrected chi connectivity index (χ3v) is 13.4. The molecular weight excluding hydrogens is 665 g/mol. The van der Waals surface area contributed by atoms with E-state index in [1.807, 2.05) is 0 Å². The zero-order valence-electron chi connectivity index (χ0n) is 32.5. The number of benzene rings is 4. The van der Waals surface area contributed by atoms with Crippen LogP contribution in [0, 0.1) is 27.7 Å². The topological polar surface area (TPSA) is 46.2 Å². The van der Waals surface area contributed by atoms with Crippen LogP contribution in [0.15, 0.2) is 72.8 Å². The van der Waals surface area contributed by atoms with Crippen LogP contribution in [0.4, 0.5) is 0 Å². The minimum atomic E-state index is -1.83. The van der Waals surface area contributed by atoms with Crippen molar-refractivity contribution in [2.75, 3.05) is 26.4 Å². The predicted molar refractivity (Wildman–Crippen MR) is 217 cm³/mol. The second-order valence-electron chi connectivity index (χ2n) is 13.7. The first-order valence-corrected chi connectivity index (χ1v) is 22.0. The standard InChI is InChI=1S/C44H60O5Si2/c1-9-13-17-45-37-21-33(5)25-41(29-37)50(42-26-34(6)22-38(30-42)46-18-14-10-2)49-51(43-27-35(7)23-39(31-43)47-19-15-11-3)44-28-36(8)24-40(32-44)48-20-16-12-4/h21-32H,9-20H2,1-8H3. The molecule has 0 saturated carbocycles. The van der Waals surface area contributed by atoms with Gasteiger partial charge in [-0.15, -0.1) is 0 Å². The maximum atomic E-state index is 7.72. The maximum absolute atomic E-state index is 7.72. The van der Waals surface area contributed by atoms with E-state index < -0.39 is 18.1 Å². The normalized spacial score (nSPS) is 11.3. The Bertz CT molecular complexity index is 1420. The van der Waals surface area contributed by atoms with E-state index in [0.29, 0.717) is 26.4 Å². The van der Waals surface area contributed by atoms with Crippen molar-refractivity contribution < 1.29 is 23.1 Å². The molecule has 2 radical (unpaired) electrons. The first-order valence-electron chi connectivity index (χ1n) is 19.1. The molecule has 4 aromatic rings. The first-order chi connectivity index (χ1) is 24.7. The summed E-state index contributed by atoms with van der Waals surface area (Å²) in [6, 6.07) is 26.5. The highest BCUT2D eigenvalue weighted by Crippen LogP contribution is 2.19. The van der Waals surface area contributed by atoms with Gasteiger partial charge < -0.3 is 23.1 Å². The van der Waals surface area contributed by atoms with Crippen molar-refractivity contribution in [3.63, 3.8) is 0 Å². The summed E-state index contributed by atoms with van der Waals surface area (Å²) in [6.07, 6.45) is 8.45. The fourth-order valence-corrected chi connectivity index (χ4v) is 11.8. The molecule has 0 amide bonds. The molecular formula is C44H60O5Si2. The van der Waals surface area contributed by atoms with Crippen molar-refractivity contribution >= 4 is 38.8 Å². The number of hydrogen-bond acceptors (Lipinski definition) is 5. The zero-order chi connectivity index (χ0) is 36.6. The van der Waals surface area contributed by atoms with Gasteiger partial charge in [-0.05, 0) is 145 Å². The second kappa shape index (κ2) is 21.1. The van der Waals surface area contributed by atoms with E-state index in [-0.39, 0.29) is 0 Å². The van der Waals surface area contributed by atoms with Crippen molar-refractivity contribution in [1.82, 2.24) is 0 Å². The summed E-state index contributed by atoms with van der Waals surface area (Å²) in [4.78, 5) is 0. The highest BCUT2D eigenvalue weighted by molar-refractivity contribution is 6.92. The molecule has 0 saturated heterocycles. The van der Waals surface area contributed by atoms with Gasteiger partial charge in [-0.25, -0.2) is 0 Å². The average molecular weight is 725 g/mol. The Hall–Kier alpha value is -3.53. The van der Waals surface area contributed by atoms with Gasteiger partial charge >= 0.3 is 0 Å². The number of hydrogen-bond donors (Lipinski definition) is 0. The van der Waals surface area contributed by atoms with E-state index in [4.69, 9.17) is 23.1 Å². The van der Waals surface area contributed by atoms with E-state index in [1.54, 1.807) is 0 Å². The van der Waals surface area contributed by atoms with Crippen molar-refractivity contribution in [3.8, 4) is 23.0 Å². The molecule has 0 heterocycles. The molecule has 0 bridgehead atoms. The van der Waals surface area contributed by atoms with Crippen molar-refractivity contribution in [2.45, 2.75) is 107 Å². The number of aryl methyl sites for hydroxylation is 4. The summed E-state index contributed by atoms with van der Waals surface area (Å²) in [6.45, 7) is 20.2. The van der Waals surface area contributed by atoms with E-state index in [2.05, 4.69) is 128 Å². The third kappa shape index (κ3) is 12.9. The highest BCUT2D eigenvalue weighted by Gasteiger charge is 2.31. The summed E-state index contributed by atoms with van der Waals surface area (Å²) in [5, 5.41) is 4.66. The molecule has 0 atom stereocenters. The lowest BCUT2D eigenvalue weighted by atomic mass is 10.2. The molecule has 0 fully saturated rings. The van der Waals surface area contributed by atoms with Crippen LogP contribution < -0.4 is 39.7 Å². The Morgan fingerprint density at radius 3 is 0.804 bits per heavy atom. The number of unbranched alkanes of at least 4 members (excludes halogenated alkanes) is 4. The van der Waals surface area contributed by atoms with Crippen LogP contribution in [0.3, 0.4) is 0 Å². The van der Waals surface area contributed by atoms with Gasteiger partial charge in [0.2, 0.25) is 0 Å². The van der Waals surface area contributed by atoms with Gasteiger partial charge in [0.05, 0.1) is 26.4 Å². The second-order valence-corrected chi connectivity index (χ2v) is 18.1. The van der Waals surface area contributed by atoms with Crippen LogP contribution in [-0.2, 0) is 4.12 Å². The lowest BCUT2D eigenvalue weighted by molar-refractivity contribution is 0.309. The molecule has 4 aromatic carbocycles. The van der Waals surface area contributed by atoms with E-state index >= 15 is 0 Å². The molecule has 0 aliphatic heterocycles. The molecule has 274 valence electrons. The molecule has 0 N–H and O–H groups in total. The Morgan fingerprint density at radius 1 is 0.353 bits per heavy atom. The van der Waals surface area contributed by atoms with Gasteiger partial charge in [-0.1, -0.05) is 77.6 Å². The lowest BCUT2D eigenvalue weighted by Crippen LogP contribution is -2.56. The molecule has 0 aliphatic carbocycles. The van der Waals surface area contributed by atoms with Gasteiger partial charge in [-0.3, -0.25) is 0 Å². The third-order valence-electron chi connectivity index (χ3n) is 8.52. The number of ether oxygens (including phenoxy) is 4. The van der Waals surface area contributed by atoms with Gasteiger partial charge in [0.15, 0.2) is 0 Å². The van der Waals surface area contributed by atoms with Crippen LogP contribution in [0.2, 0.25) is 0 Å². The SMILES string of the molecule is CCCCOc1cc(C)cc([Si](O[Si](c2cc(C)cc(OCCCC)c2)c2cc(C)cc(OCCCC)c2)c2cc(C)cc(OCCCC)c2)c1. The summed E-state index contributed by atoms with van der Waals surface area (Å²) >= 11 is 0. The first kappa shape index (κ1) is 40.2. The fourth-order valence-electron chi connectivity index (χ4n) is 5.86. The van der Waals surface area contributed by atoms with Crippen molar-refractivity contribution in [2.24, 2.45) is 0 Å². The predicted octanol–water partition coefficient (Wildman–Crippen LogP) is 8.56. The van der Waals surface area contributed by atoms with Gasteiger partial charge in [-0.2, -0.15) is 0 Å². The molecule has 0 aromatic heterocycles. The highest BCUT2D eigenvalue weighted by atomic mass is 28.4. The van der Waals surface area contributed by atoms with Gasteiger partial charge in [0.25, 0.3) is 18.1 Å². The van der Waals surface area contributed by atoms with Crippen molar-refractivity contribution in [1.29, 1.82) is 0 Å². The fraction of sp³-hybridized carbons (Fsp3) is 0.455. The molecule has 5 nitrogen and oxygen atoms in total. The monoisotopic (exact) mass is 724 g/mol. The zero-order valence-corrected chi connectivity index (χ0v) is 34.5. The number of rotatable bonds is 22. The maximum Gasteiger partial charge on any atom is 0.272 e. The lowest BCUT2D eigenvalue weighted by Gasteiger charge is -2.26. The Labute approximate surface area is 312 Å². The van der Waals surface area contributed by atoms with Gasteiger partial charge in [0, 0.05) is 0 Å². The molecule has 0 aliphatic rings. The van der Waals surface area contributed by atoms with Crippen LogP contribution in [-0.4, -0.2) is 44.5 Å².